The first kappa shape index (κ1) is 25.0. The number of alkyl halides is 2. The van der Waals surface area contributed by atoms with Crippen LogP contribution in [0, 0.1) is 17.1 Å². The van der Waals surface area contributed by atoms with Gasteiger partial charge in [-0.2, -0.15) is 10.4 Å². The Labute approximate surface area is 202 Å². The van der Waals surface area contributed by atoms with Crippen LogP contribution in [0.15, 0.2) is 36.7 Å². The number of rotatable bonds is 4. The Morgan fingerprint density at radius 1 is 1.29 bits per heavy atom. The van der Waals surface area contributed by atoms with E-state index in [1.165, 1.54) is 23.2 Å². The lowest BCUT2D eigenvalue weighted by molar-refractivity contribution is -0.112. The minimum absolute atomic E-state index is 0.0702. The van der Waals surface area contributed by atoms with Gasteiger partial charge in [0.15, 0.2) is 0 Å². The number of benzene rings is 1. The van der Waals surface area contributed by atoms with Crippen molar-refractivity contribution in [1.82, 2.24) is 20.0 Å². The SMILES string of the molecule is CC(C)(C)OC(=O)N(C1CC(c2ccc(F)cc2)CC1n1cc(C#N)cn1)C1CNCCC1(F)F. The van der Waals surface area contributed by atoms with E-state index in [0.29, 0.717) is 18.4 Å². The maximum atomic E-state index is 15.2. The molecule has 4 rings (SSSR count). The molecule has 1 aromatic heterocycles. The molecular formula is C25H30F3N5O2. The molecule has 1 N–H and O–H groups in total. The molecule has 2 aromatic rings. The predicted octanol–water partition coefficient (Wildman–Crippen LogP) is 4.62. The van der Waals surface area contributed by atoms with Crippen molar-refractivity contribution in [2.75, 3.05) is 13.1 Å². The van der Waals surface area contributed by atoms with E-state index in [4.69, 9.17) is 4.74 Å². The quantitative estimate of drug-likeness (QED) is 0.678. The maximum absolute atomic E-state index is 15.2. The summed E-state index contributed by atoms with van der Waals surface area (Å²) in [5.74, 6) is -3.60. The Balaban J connectivity index is 1.76. The average Bonchev–Trinajstić information content (AvgIpc) is 3.41. The molecule has 1 aliphatic heterocycles. The largest absolute Gasteiger partial charge is 0.444 e. The fraction of sp³-hybridized carbons (Fsp3) is 0.560. The van der Waals surface area contributed by atoms with E-state index in [9.17, 15) is 14.4 Å². The molecule has 10 heteroatoms. The number of hydrogen-bond acceptors (Lipinski definition) is 5. The maximum Gasteiger partial charge on any atom is 0.411 e. The van der Waals surface area contributed by atoms with Gasteiger partial charge in [-0.25, -0.2) is 18.0 Å². The molecule has 1 aliphatic carbocycles. The number of nitrogens with zero attached hydrogens (tertiary/aromatic N) is 4. The second kappa shape index (κ2) is 9.53. The van der Waals surface area contributed by atoms with E-state index >= 15 is 8.78 Å². The first-order valence-electron chi connectivity index (χ1n) is 11.8. The Morgan fingerprint density at radius 3 is 2.60 bits per heavy atom. The van der Waals surface area contributed by atoms with E-state index in [-0.39, 0.29) is 24.8 Å². The summed E-state index contributed by atoms with van der Waals surface area (Å²) in [6.45, 7) is 5.17. The first-order chi connectivity index (χ1) is 16.5. The molecule has 2 heterocycles. The summed E-state index contributed by atoms with van der Waals surface area (Å²) in [6.07, 6.45) is 2.62. The predicted molar refractivity (Wildman–Crippen MR) is 122 cm³/mol. The van der Waals surface area contributed by atoms with E-state index < -0.39 is 42.2 Å². The highest BCUT2D eigenvalue weighted by Gasteiger charge is 2.53. The third-order valence-corrected chi connectivity index (χ3v) is 6.67. The van der Waals surface area contributed by atoms with Gasteiger partial charge in [-0.05, 0) is 57.2 Å². The molecule has 0 radical (unpaired) electrons. The lowest BCUT2D eigenvalue weighted by Gasteiger charge is -2.44. The van der Waals surface area contributed by atoms with Crippen molar-refractivity contribution in [3.05, 3.63) is 53.6 Å². The number of carbonyl (C=O) groups is 1. The summed E-state index contributed by atoms with van der Waals surface area (Å²) in [7, 11) is 0. The molecular weight excluding hydrogens is 459 g/mol. The number of halogens is 3. The van der Waals surface area contributed by atoms with E-state index in [2.05, 4.69) is 10.4 Å². The molecule has 2 fully saturated rings. The highest BCUT2D eigenvalue weighted by atomic mass is 19.3. The Hall–Kier alpha value is -3.06. The molecule has 4 unspecified atom stereocenters. The third-order valence-electron chi connectivity index (χ3n) is 6.67. The van der Waals surface area contributed by atoms with Gasteiger partial charge in [0.1, 0.15) is 23.5 Å². The minimum Gasteiger partial charge on any atom is -0.444 e. The number of ether oxygens (including phenoxy) is 1. The summed E-state index contributed by atoms with van der Waals surface area (Å²) in [5.41, 5.74) is 0.309. The van der Waals surface area contributed by atoms with Crippen LogP contribution in [0.4, 0.5) is 18.0 Å². The van der Waals surface area contributed by atoms with E-state index in [1.54, 1.807) is 43.8 Å². The molecule has 2 aliphatic rings. The summed E-state index contributed by atoms with van der Waals surface area (Å²) in [4.78, 5) is 14.7. The summed E-state index contributed by atoms with van der Waals surface area (Å²) < 4.78 is 51.2. The van der Waals surface area contributed by atoms with Gasteiger partial charge in [0, 0.05) is 25.7 Å². The van der Waals surface area contributed by atoms with Crippen LogP contribution >= 0.6 is 0 Å². The normalized spacial score (nSPS) is 26.2. The number of amides is 1. The van der Waals surface area contributed by atoms with Crippen molar-refractivity contribution >= 4 is 6.09 Å². The molecule has 188 valence electrons. The van der Waals surface area contributed by atoms with Crippen LogP contribution in [0.25, 0.3) is 0 Å². The summed E-state index contributed by atoms with van der Waals surface area (Å²) >= 11 is 0. The van der Waals surface area contributed by atoms with Crippen LogP contribution in [0.1, 0.15) is 63.1 Å². The standard InChI is InChI=1S/C25H30F3N5O2/c1-24(2,3)35-23(34)33(22-14-30-9-8-25(22,27)28)21-11-18(17-4-6-19(26)7-5-17)10-20(21)32-15-16(12-29)13-31-32/h4-7,13,15,18,20-22,30H,8-11,14H2,1-3H3. The second-order valence-electron chi connectivity index (χ2n) is 10.3. The molecule has 7 nitrogen and oxygen atoms in total. The van der Waals surface area contributed by atoms with Gasteiger partial charge in [0.25, 0.3) is 5.92 Å². The van der Waals surface area contributed by atoms with Gasteiger partial charge < -0.3 is 10.1 Å². The van der Waals surface area contributed by atoms with Gasteiger partial charge in [-0.3, -0.25) is 9.58 Å². The molecule has 4 atom stereocenters. The third kappa shape index (κ3) is 5.45. The second-order valence-corrected chi connectivity index (χ2v) is 10.3. The molecule has 0 bridgehead atoms. The van der Waals surface area contributed by atoms with E-state index in [0.717, 1.165) is 5.56 Å². The Bertz CT molecular complexity index is 1090. The minimum atomic E-state index is -3.11. The molecule has 1 saturated carbocycles. The van der Waals surface area contributed by atoms with Crippen LogP contribution < -0.4 is 5.32 Å². The fourth-order valence-corrected chi connectivity index (χ4v) is 5.08. The number of nitrogens with one attached hydrogen (secondary N) is 1. The number of aromatic nitrogens is 2. The summed E-state index contributed by atoms with van der Waals surface area (Å²) in [6, 6.07) is 5.56. The average molecular weight is 490 g/mol. The first-order valence-corrected chi connectivity index (χ1v) is 11.8. The van der Waals surface area contributed by atoms with E-state index in [1.807, 2.05) is 6.07 Å². The van der Waals surface area contributed by atoms with Crippen molar-refractivity contribution < 1.29 is 22.7 Å². The smallest absolute Gasteiger partial charge is 0.411 e. The van der Waals surface area contributed by atoms with Crippen molar-refractivity contribution in [3.63, 3.8) is 0 Å². The van der Waals surface area contributed by atoms with Gasteiger partial charge in [0.05, 0.1) is 23.8 Å². The van der Waals surface area contributed by atoms with Crippen molar-refractivity contribution in [3.8, 4) is 6.07 Å². The summed E-state index contributed by atoms with van der Waals surface area (Å²) in [5, 5.41) is 16.6. The molecule has 1 saturated heterocycles. The highest BCUT2D eigenvalue weighted by Crippen LogP contribution is 2.46. The molecule has 35 heavy (non-hydrogen) atoms. The monoisotopic (exact) mass is 489 g/mol. The number of carbonyl (C=O) groups excluding carboxylic acids is 1. The molecule has 0 spiro atoms. The lowest BCUT2D eigenvalue weighted by Crippen LogP contribution is -2.63. The number of hydrogen-bond donors (Lipinski definition) is 1. The van der Waals surface area contributed by atoms with Crippen LogP contribution in [0.2, 0.25) is 0 Å². The van der Waals surface area contributed by atoms with Crippen LogP contribution in [-0.4, -0.2) is 57.5 Å². The topological polar surface area (TPSA) is 83.2 Å². The number of nitriles is 1. The Kier molecular flexibility index (Phi) is 6.82. The fourth-order valence-electron chi connectivity index (χ4n) is 5.08. The molecule has 1 amide bonds. The lowest BCUT2D eigenvalue weighted by atomic mass is 9.96. The zero-order valence-electron chi connectivity index (χ0n) is 20.0. The van der Waals surface area contributed by atoms with Crippen molar-refractivity contribution in [1.29, 1.82) is 5.26 Å². The van der Waals surface area contributed by atoms with Crippen molar-refractivity contribution in [2.45, 2.75) is 75.6 Å². The van der Waals surface area contributed by atoms with Crippen molar-refractivity contribution in [2.24, 2.45) is 0 Å². The van der Waals surface area contributed by atoms with Gasteiger partial charge >= 0.3 is 6.09 Å². The van der Waals surface area contributed by atoms with Crippen LogP contribution in [-0.2, 0) is 4.74 Å². The Morgan fingerprint density at radius 2 is 2.00 bits per heavy atom. The van der Waals surface area contributed by atoms with Gasteiger partial charge in [-0.1, -0.05) is 12.1 Å². The molecule has 1 aromatic carbocycles. The van der Waals surface area contributed by atoms with Gasteiger partial charge in [-0.15, -0.1) is 0 Å². The zero-order chi connectivity index (χ0) is 25.4. The van der Waals surface area contributed by atoms with Crippen LogP contribution in [0.5, 0.6) is 0 Å². The highest BCUT2D eigenvalue weighted by molar-refractivity contribution is 5.69. The van der Waals surface area contributed by atoms with Crippen LogP contribution in [0.3, 0.4) is 0 Å². The number of piperidine rings is 1. The van der Waals surface area contributed by atoms with Gasteiger partial charge in [0.2, 0.25) is 0 Å². The zero-order valence-corrected chi connectivity index (χ0v) is 20.0.